The van der Waals surface area contributed by atoms with E-state index in [0.29, 0.717) is 35.5 Å². The van der Waals surface area contributed by atoms with Gasteiger partial charge in [-0.3, -0.25) is 20.2 Å². The number of sulfone groups is 1. The summed E-state index contributed by atoms with van der Waals surface area (Å²) in [5.41, 5.74) is -0.421. The third-order valence-electron chi connectivity index (χ3n) is 5.44. The fourth-order valence-corrected chi connectivity index (χ4v) is 5.46. The number of thiazole rings is 1. The maximum Gasteiger partial charge on any atom is 0.423 e. The van der Waals surface area contributed by atoms with Gasteiger partial charge in [0.05, 0.1) is 10.6 Å². The molecule has 2 aromatic carbocycles. The smallest absolute Gasteiger partial charge is 0.369 e. The van der Waals surface area contributed by atoms with Crippen LogP contribution in [-0.2, 0) is 22.4 Å². The lowest BCUT2D eigenvalue weighted by atomic mass is 10.1. The van der Waals surface area contributed by atoms with Crippen molar-refractivity contribution in [1.82, 2.24) is 4.98 Å². The third-order valence-corrected chi connectivity index (χ3v) is 8.16. The van der Waals surface area contributed by atoms with Gasteiger partial charge in [-0.2, -0.15) is 13.2 Å². The first-order chi connectivity index (χ1) is 16.4. The van der Waals surface area contributed by atoms with E-state index in [4.69, 9.17) is 0 Å². The molecular formula is C21H17F3N4O5S2. The molecule has 1 aliphatic heterocycles. The molecule has 1 atom stereocenters. The number of fused-ring (bicyclic) bond motifs is 1. The maximum absolute atomic E-state index is 13.2. The number of nitro benzene ring substituents is 1. The first-order valence-electron chi connectivity index (χ1n) is 10.1. The van der Waals surface area contributed by atoms with Crippen LogP contribution in [-0.4, -0.2) is 35.4 Å². The van der Waals surface area contributed by atoms with Gasteiger partial charge in [0, 0.05) is 40.4 Å². The van der Waals surface area contributed by atoms with Crippen molar-refractivity contribution >= 4 is 43.6 Å². The van der Waals surface area contributed by atoms with Crippen molar-refractivity contribution in [2.45, 2.75) is 24.9 Å². The Balaban J connectivity index is 1.53. The second-order valence-electron chi connectivity index (χ2n) is 7.64. The Hall–Kier alpha value is -3.52. The van der Waals surface area contributed by atoms with E-state index in [2.05, 4.69) is 15.6 Å². The molecule has 184 valence electrons. The third kappa shape index (κ3) is 4.98. The van der Waals surface area contributed by atoms with Crippen LogP contribution in [0.5, 0.6) is 0 Å². The summed E-state index contributed by atoms with van der Waals surface area (Å²) in [4.78, 5) is 26.5. The van der Waals surface area contributed by atoms with E-state index in [1.165, 1.54) is 0 Å². The summed E-state index contributed by atoms with van der Waals surface area (Å²) < 4.78 is 63.9. The molecule has 0 radical (unpaired) electrons. The van der Waals surface area contributed by atoms with Crippen molar-refractivity contribution in [2.24, 2.45) is 0 Å². The lowest BCUT2D eigenvalue weighted by Gasteiger charge is -2.10. The standard InChI is InChI=1S/C21H17F3N4O5S2/c1-2-35(32,33)18-9-13-7-11(3-5-15(13)25-18)16-10-34-20(26-16)27-19(29)12-4-6-17(28(30)31)14(8-12)21(22,23)24/h3-8,10,18,25H,2,9H2,1H3,(H,26,27,29). The molecule has 0 saturated carbocycles. The van der Waals surface area contributed by atoms with Crippen LogP contribution in [0.25, 0.3) is 11.3 Å². The van der Waals surface area contributed by atoms with Gasteiger partial charge in [-0.15, -0.1) is 11.3 Å². The highest BCUT2D eigenvalue weighted by atomic mass is 32.2. The number of carbonyl (C=O) groups excluding carboxylic acids is 1. The highest BCUT2D eigenvalue weighted by molar-refractivity contribution is 7.92. The van der Waals surface area contributed by atoms with E-state index in [1.807, 2.05) is 0 Å². The molecule has 35 heavy (non-hydrogen) atoms. The summed E-state index contributed by atoms with van der Waals surface area (Å²) in [6, 6.07) is 7.26. The number of amides is 1. The van der Waals surface area contributed by atoms with Crippen molar-refractivity contribution in [3.05, 3.63) is 68.6 Å². The molecule has 0 bridgehead atoms. The summed E-state index contributed by atoms with van der Waals surface area (Å²) in [7, 11) is -3.28. The van der Waals surface area contributed by atoms with E-state index in [-0.39, 0.29) is 10.9 Å². The number of benzene rings is 2. The molecule has 2 N–H and O–H groups in total. The normalized spacial score (nSPS) is 15.4. The number of anilines is 2. The van der Waals surface area contributed by atoms with Gasteiger partial charge in [-0.25, -0.2) is 13.4 Å². The molecule has 9 nitrogen and oxygen atoms in total. The molecular weight excluding hydrogens is 509 g/mol. The van der Waals surface area contributed by atoms with E-state index >= 15 is 0 Å². The molecule has 1 unspecified atom stereocenters. The second kappa shape index (κ2) is 8.92. The first kappa shape index (κ1) is 24.6. The minimum atomic E-state index is -5.01. The van der Waals surface area contributed by atoms with E-state index in [9.17, 15) is 36.5 Å². The number of hydrogen-bond donors (Lipinski definition) is 2. The molecule has 2 heterocycles. The van der Waals surface area contributed by atoms with Crippen LogP contribution in [0.4, 0.5) is 29.7 Å². The van der Waals surface area contributed by atoms with Gasteiger partial charge < -0.3 is 5.32 Å². The molecule has 0 saturated heterocycles. The van der Waals surface area contributed by atoms with Crippen LogP contribution >= 0.6 is 11.3 Å². The van der Waals surface area contributed by atoms with Gasteiger partial charge in [0.25, 0.3) is 11.6 Å². The molecule has 0 fully saturated rings. The average Bonchev–Trinajstić information content (AvgIpc) is 3.44. The Bertz CT molecular complexity index is 1440. The quantitative estimate of drug-likeness (QED) is 0.351. The Kier molecular flexibility index (Phi) is 6.27. The lowest BCUT2D eigenvalue weighted by Crippen LogP contribution is -2.28. The predicted molar refractivity (Wildman–Crippen MR) is 124 cm³/mol. The zero-order valence-electron chi connectivity index (χ0n) is 17.9. The predicted octanol–water partition coefficient (Wildman–Crippen LogP) is 4.72. The molecule has 3 aromatic rings. The van der Waals surface area contributed by atoms with Gasteiger partial charge in [0.2, 0.25) is 0 Å². The number of nitrogens with zero attached hydrogens (tertiary/aromatic N) is 2. The highest BCUT2D eigenvalue weighted by Crippen LogP contribution is 2.37. The number of halogens is 3. The zero-order chi connectivity index (χ0) is 25.5. The van der Waals surface area contributed by atoms with Crippen LogP contribution in [0.3, 0.4) is 0 Å². The minimum absolute atomic E-state index is 0.0138. The Labute approximate surface area is 201 Å². The molecule has 4 rings (SSSR count). The summed E-state index contributed by atoms with van der Waals surface area (Å²) in [5.74, 6) is -0.892. The lowest BCUT2D eigenvalue weighted by molar-refractivity contribution is -0.388. The van der Waals surface area contributed by atoms with E-state index < -0.39 is 49.0 Å². The van der Waals surface area contributed by atoms with Gasteiger partial charge in [-0.05, 0) is 29.8 Å². The number of nitro groups is 1. The van der Waals surface area contributed by atoms with Crippen molar-refractivity contribution in [1.29, 1.82) is 0 Å². The fraction of sp³-hybridized carbons (Fsp3) is 0.238. The number of nitrogens with one attached hydrogen (secondary N) is 2. The minimum Gasteiger partial charge on any atom is -0.369 e. The number of carbonyl (C=O) groups is 1. The van der Waals surface area contributed by atoms with Crippen molar-refractivity contribution in [3.8, 4) is 11.3 Å². The van der Waals surface area contributed by atoms with Gasteiger partial charge in [0.1, 0.15) is 10.9 Å². The average molecular weight is 527 g/mol. The van der Waals surface area contributed by atoms with E-state index in [1.54, 1.807) is 30.5 Å². The van der Waals surface area contributed by atoms with E-state index in [0.717, 1.165) is 23.0 Å². The SMILES string of the molecule is CCS(=O)(=O)C1Cc2cc(-c3csc(NC(=O)c4ccc([N+](=O)[O-])c(C(F)(F)F)c4)n3)ccc2N1. The molecule has 1 amide bonds. The number of rotatable bonds is 6. The van der Waals surface area contributed by atoms with Crippen LogP contribution in [0, 0.1) is 10.1 Å². The molecule has 0 aliphatic carbocycles. The Morgan fingerprint density at radius 3 is 2.69 bits per heavy atom. The fourth-order valence-electron chi connectivity index (χ4n) is 3.60. The molecule has 14 heteroatoms. The second-order valence-corrected chi connectivity index (χ2v) is 11.0. The number of hydrogen-bond acceptors (Lipinski definition) is 8. The molecule has 0 spiro atoms. The number of alkyl halides is 3. The van der Waals surface area contributed by atoms with Gasteiger partial charge in [-0.1, -0.05) is 13.0 Å². The summed E-state index contributed by atoms with van der Waals surface area (Å²) in [6.45, 7) is 1.58. The largest absolute Gasteiger partial charge is 0.423 e. The van der Waals surface area contributed by atoms with Crippen molar-refractivity contribution in [2.75, 3.05) is 16.4 Å². The van der Waals surface area contributed by atoms with Crippen LogP contribution < -0.4 is 10.6 Å². The Morgan fingerprint density at radius 2 is 2.03 bits per heavy atom. The molecule has 1 aromatic heterocycles. The van der Waals surface area contributed by atoms with Crippen LogP contribution in [0.1, 0.15) is 28.4 Å². The topological polar surface area (TPSA) is 131 Å². The zero-order valence-corrected chi connectivity index (χ0v) is 19.6. The summed E-state index contributed by atoms with van der Waals surface area (Å²) in [5, 5.41) is 17.3. The van der Waals surface area contributed by atoms with Crippen molar-refractivity contribution in [3.63, 3.8) is 0 Å². The van der Waals surface area contributed by atoms with Gasteiger partial charge >= 0.3 is 6.18 Å². The monoisotopic (exact) mass is 526 g/mol. The first-order valence-corrected chi connectivity index (χ1v) is 12.7. The van der Waals surface area contributed by atoms with Gasteiger partial charge in [0.15, 0.2) is 15.0 Å². The highest BCUT2D eigenvalue weighted by Gasteiger charge is 2.39. The molecule has 1 aliphatic rings. The Morgan fingerprint density at radius 1 is 1.29 bits per heavy atom. The van der Waals surface area contributed by atoms with Crippen molar-refractivity contribution < 1.29 is 31.3 Å². The maximum atomic E-state index is 13.2. The summed E-state index contributed by atoms with van der Waals surface area (Å²) >= 11 is 1.04. The summed E-state index contributed by atoms with van der Waals surface area (Å²) in [6.07, 6.45) is -4.71. The van der Waals surface area contributed by atoms with Crippen LogP contribution in [0.15, 0.2) is 41.8 Å². The van der Waals surface area contributed by atoms with Crippen LogP contribution in [0.2, 0.25) is 0 Å². The number of aromatic nitrogens is 1.